The number of nitrogens with two attached hydrogens (primary N) is 1. The molecule has 1 aromatic rings. The van der Waals surface area contributed by atoms with E-state index in [1.807, 2.05) is 0 Å². The van der Waals surface area contributed by atoms with Crippen molar-refractivity contribution in [1.29, 1.82) is 0 Å². The van der Waals surface area contributed by atoms with Crippen LogP contribution in [0, 0.1) is 5.92 Å². The van der Waals surface area contributed by atoms with Crippen LogP contribution in [0.25, 0.3) is 0 Å². The van der Waals surface area contributed by atoms with Crippen molar-refractivity contribution in [2.24, 2.45) is 11.1 Å². The van der Waals surface area contributed by atoms with E-state index >= 15 is 0 Å². The fourth-order valence-electron chi connectivity index (χ4n) is 2.16. The maximum absolute atomic E-state index is 11.2. The van der Waals surface area contributed by atoms with E-state index in [1.165, 1.54) is 25.1 Å². The predicted octanol–water partition coefficient (Wildman–Crippen LogP) is 1.05. The highest BCUT2D eigenvalue weighted by atomic mass is 32.2. The van der Waals surface area contributed by atoms with E-state index in [9.17, 15) is 8.42 Å². The fourth-order valence-corrected chi connectivity index (χ4v) is 2.62. The molecule has 0 bridgehead atoms. The molecule has 0 radical (unpaired) electrons. The third kappa shape index (κ3) is 4.26. The Hall–Kier alpha value is -0.980. The molecule has 1 atom stereocenters. The molecule has 5 nitrogen and oxygen atoms in total. The molecule has 1 unspecified atom stereocenters. The normalized spacial score (nSPS) is 17.4. The van der Waals surface area contributed by atoms with Crippen LogP contribution in [-0.2, 0) is 16.4 Å². The molecule has 0 saturated heterocycles. The van der Waals surface area contributed by atoms with Gasteiger partial charge >= 0.3 is 0 Å². The van der Waals surface area contributed by atoms with Crippen molar-refractivity contribution in [3.63, 3.8) is 0 Å². The monoisotopic (exact) mass is 283 g/mol. The second kappa shape index (κ2) is 5.98. The first-order chi connectivity index (χ1) is 9.00. The van der Waals surface area contributed by atoms with Crippen molar-refractivity contribution in [3.05, 3.63) is 24.0 Å². The van der Waals surface area contributed by atoms with E-state index in [0.717, 1.165) is 31.0 Å². The van der Waals surface area contributed by atoms with Gasteiger partial charge in [0.1, 0.15) is 4.90 Å². The molecule has 1 saturated carbocycles. The highest BCUT2D eigenvalue weighted by Gasteiger charge is 2.30. The second-order valence-corrected chi connectivity index (χ2v) is 6.69. The van der Waals surface area contributed by atoms with Gasteiger partial charge in [-0.15, -0.1) is 0 Å². The minimum absolute atomic E-state index is 0.0701. The Kier molecular flexibility index (Phi) is 4.54. The van der Waals surface area contributed by atoms with E-state index in [1.54, 1.807) is 6.07 Å². The van der Waals surface area contributed by atoms with Crippen LogP contribution < -0.4 is 10.5 Å². The number of pyridine rings is 1. The summed E-state index contributed by atoms with van der Waals surface area (Å²) in [6.07, 6.45) is 5.85. The summed E-state index contributed by atoms with van der Waals surface area (Å²) < 4.78 is 22.3. The molecule has 0 aromatic carbocycles. The van der Waals surface area contributed by atoms with E-state index in [-0.39, 0.29) is 4.90 Å². The molecule has 1 aliphatic carbocycles. The van der Waals surface area contributed by atoms with Gasteiger partial charge in [-0.2, -0.15) is 0 Å². The fraction of sp³-hybridized carbons (Fsp3) is 0.615. The summed E-state index contributed by atoms with van der Waals surface area (Å²) in [6.45, 7) is 3.16. The van der Waals surface area contributed by atoms with Gasteiger partial charge in [0.05, 0.1) is 0 Å². The number of primary sulfonamides is 1. The molecule has 1 heterocycles. The highest BCUT2D eigenvalue weighted by molar-refractivity contribution is 7.89. The average Bonchev–Trinajstić information content (AvgIpc) is 3.18. The Bertz CT molecular complexity index is 509. The third-order valence-electron chi connectivity index (χ3n) is 3.40. The minimum atomic E-state index is -3.64. The van der Waals surface area contributed by atoms with Crippen LogP contribution in [0.3, 0.4) is 0 Å². The average molecular weight is 283 g/mol. The topological polar surface area (TPSA) is 85.1 Å². The van der Waals surface area contributed by atoms with Gasteiger partial charge in [0.15, 0.2) is 0 Å². The van der Waals surface area contributed by atoms with Crippen molar-refractivity contribution >= 4 is 10.0 Å². The number of nitrogens with zero attached hydrogens (tertiary/aromatic N) is 1. The summed E-state index contributed by atoms with van der Waals surface area (Å²) in [5.41, 5.74) is 0.910. The number of aromatic nitrogens is 1. The van der Waals surface area contributed by atoms with Gasteiger partial charge in [-0.05, 0) is 43.9 Å². The Morgan fingerprint density at radius 2 is 2.21 bits per heavy atom. The van der Waals surface area contributed by atoms with Crippen molar-refractivity contribution in [1.82, 2.24) is 10.3 Å². The van der Waals surface area contributed by atoms with Crippen LogP contribution in [0.15, 0.2) is 23.2 Å². The van der Waals surface area contributed by atoms with Gasteiger partial charge in [0.25, 0.3) is 0 Å². The Morgan fingerprint density at radius 3 is 2.68 bits per heavy atom. The lowest BCUT2D eigenvalue weighted by atomic mass is 10.1. The van der Waals surface area contributed by atoms with Crippen LogP contribution in [0.4, 0.5) is 0 Å². The van der Waals surface area contributed by atoms with Gasteiger partial charge in [-0.3, -0.25) is 4.98 Å². The molecular weight excluding hydrogens is 262 g/mol. The largest absolute Gasteiger partial charge is 0.313 e. The van der Waals surface area contributed by atoms with Crippen molar-refractivity contribution in [3.8, 4) is 0 Å². The van der Waals surface area contributed by atoms with Crippen LogP contribution in [0.1, 0.15) is 31.9 Å². The quantitative estimate of drug-likeness (QED) is 0.783. The molecule has 0 spiro atoms. The molecule has 19 heavy (non-hydrogen) atoms. The molecule has 1 aromatic heterocycles. The van der Waals surface area contributed by atoms with Crippen molar-refractivity contribution in [2.75, 3.05) is 6.54 Å². The first kappa shape index (κ1) is 14.4. The highest BCUT2D eigenvalue weighted by Crippen LogP contribution is 2.33. The van der Waals surface area contributed by atoms with Crippen molar-refractivity contribution in [2.45, 2.75) is 43.5 Å². The Labute approximate surface area is 114 Å². The lowest BCUT2D eigenvalue weighted by Gasteiger charge is -2.17. The smallest absolute Gasteiger partial charge is 0.239 e. The third-order valence-corrected chi connectivity index (χ3v) is 4.30. The molecule has 106 valence electrons. The van der Waals surface area contributed by atoms with Gasteiger partial charge in [-0.25, -0.2) is 13.6 Å². The number of nitrogens with one attached hydrogen (secondary N) is 1. The van der Waals surface area contributed by atoms with Crippen molar-refractivity contribution < 1.29 is 8.42 Å². The first-order valence-electron chi connectivity index (χ1n) is 6.72. The zero-order chi connectivity index (χ0) is 13.9. The van der Waals surface area contributed by atoms with Gasteiger partial charge in [-0.1, -0.05) is 6.92 Å². The molecule has 1 aliphatic rings. The van der Waals surface area contributed by atoms with Crippen LogP contribution >= 0.6 is 0 Å². The van der Waals surface area contributed by atoms with Gasteiger partial charge < -0.3 is 5.32 Å². The molecule has 0 amide bonds. The maximum atomic E-state index is 11.2. The second-order valence-electron chi connectivity index (χ2n) is 5.13. The number of rotatable bonds is 7. The summed E-state index contributed by atoms with van der Waals surface area (Å²) in [5.74, 6) is 0.742. The minimum Gasteiger partial charge on any atom is -0.313 e. The summed E-state index contributed by atoms with van der Waals surface area (Å²) in [5, 5.41) is 8.59. The first-order valence-corrected chi connectivity index (χ1v) is 8.26. The molecular formula is C13H21N3O2S. The zero-order valence-electron chi connectivity index (χ0n) is 11.2. The Morgan fingerprint density at radius 1 is 1.47 bits per heavy atom. The van der Waals surface area contributed by atoms with Crippen LogP contribution in [0.5, 0.6) is 0 Å². The number of hydrogen-bond acceptors (Lipinski definition) is 4. The molecule has 6 heteroatoms. The molecule has 1 fully saturated rings. The lowest BCUT2D eigenvalue weighted by molar-refractivity contribution is 0.456. The van der Waals surface area contributed by atoms with E-state index < -0.39 is 10.0 Å². The SMILES string of the molecule is CCCNC(Cc1ccc(S(N)(=O)=O)cn1)C1CC1. The zero-order valence-corrected chi connectivity index (χ0v) is 12.0. The van der Waals surface area contributed by atoms with E-state index in [2.05, 4.69) is 17.2 Å². The number of hydrogen-bond donors (Lipinski definition) is 2. The van der Waals surface area contributed by atoms with E-state index in [0.29, 0.717) is 6.04 Å². The van der Waals surface area contributed by atoms with E-state index in [4.69, 9.17) is 5.14 Å². The molecule has 2 rings (SSSR count). The number of sulfonamides is 1. The Balaban J connectivity index is 2.01. The van der Waals surface area contributed by atoms with Gasteiger partial charge in [0.2, 0.25) is 10.0 Å². The van der Waals surface area contributed by atoms with Gasteiger partial charge in [0, 0.05) is 24.4 Å². The van der Waals surface area contributed by atoms with Crippen LogP contribution in [-0.4, -0.2) is 26.0 Å². The lowest BCUT2D eigenvalue weighted by Crippen LogP contribution is -2.34. The summed E-state index contributed by atoms with van der Waals surface area (Å²) in [6, 6.07) is 3.73. The molecule has 3 N–H and O–H groups in total. The molecule has 0 aliphatic heterocycles. The summed E-state index contributed by atoms with van der Waals surface area (Å²) in [4.78, 5) is 4.27. The van der Waals surface area contributed by atoms with Crippen LogP contribution in [0.2, 0.25) is 0 Å². The summed E-state index contributed by atoms with van der Waals surface area (Å²) >= 11 is 0. The summed E-state index contributed by atoms with van der Waals surface area (Å²) in [7, 11) is -3.64. The predicted molar refractivity (Wildman–Crippen MR) is 74.1 cm³/mol. The maximum Gasteiger partial charge on any atom is 0.239 e. The standard InChI is InChI=1S/C13H21N3O2S/c1-2-7-15-13(10-3-4-10)8-11-5-6-12(9-16-11)19(14,17)18/h5-6,9-10,13,15H,2-4,7-8H2,1H3,(H2,14,17,18).